The molecule has 0 saturated carbocycles. The Morgan fingerprint density at radius 3 is 2.93 bits per heavy atom. The quantitative estimate of drug-likeness (QED) is 0.787. The van der Waals surface area contributed by atoms with Crippen molar-refractivity contribution in [3.63, 3.8) is 0 Å². The number of rotatable bonds is 3. The first-order valence-corrected chi connectivity index (χ1v) is 4.82. The number of nitrogens with zero attached hydrogens (tertiary/aromatic N) is 4. The smallest absolute Gasteiger partial charge is 0.141 e. The van der Waals surface area contributed by atoms with Gasteiger partial charge >= 0.3 is 0 Å². The van der Waals surface area contributed by atoms with Gasteiger partial charge in [0.2, 0.25) is 0 Å². The summed E-state index contributed by atoms with van der Waals surface area (Å²) in [6.45, 7) is 2.52. The molecule has 0 radical (unpaired) electrons. The highest BCUT2D eigenvalue weighted by atomic mass is 15.1. The maximum absolute atomic E-state index is 5.51. The Hall–Kier alpha value is -1.75. The topological polar surface area (TPSA) is 69.6 Å². The predicted molar refractivity (Wildman–Crippen MR) is 56.6 cm³/mol. The highest BCUT2D eigenvalue weighted by molar-refractivity contribution is 5.25. The lowest BCUT2D eigenvalue weighted by Crippen LogP contribution is -2.09. The fourth-order valence-corrected chi connectivity index (χ4v) is 1.43. The maximum atomic E-state index is 5.51. The van der Waals surface area contributed by atoms with Gasteiger partial charge in [-0.25, -0.2) is 15.0 Å². The van der Waals surface area contributed by atoms with Crippen molar-refractivity contribution < 1.29 is 0 Å². The van der Waals surface area contributed by atoms with Gasteiger partial charge in [-0.2, -0.15) is 0 Å². The molecule has 0 amide bonds. The molecule has 78 valence electrons. The average Bonchev–Trinajstić information content (AvgIpc) is 2.66. The zero-order valence-electron chi connectivity index (χ0n) is 8.59. The van der Waals surface area contributed by atoms with Crippen LogP contribution in [-0.4, -0.2) is 26.1 Å². The van der Waals surface area contributed by atoms with Gasteiger partial charge < -0.3 is 5.73 Å². The van der Waals surface area contributed by atoms with Crippen LogP contribution in [0.1, 0.15) is 11.5 Å². The second kappa shape index (κ2) is 4.18. The van der Waals surface area contributed by atoms with Crippen LogP contribution in [0.15, 0.2) is 24.8 Å². The Balaban J connectivity index is 2.40. The van der Waals surface area contributed by atoms with Gasteiger partial charge in [-0.05, 0) is 13.5 Å². The molecular formula is C10H13N5. The van der Waals surface area contributed by atoms with E-state index in [9.17, 15) is 0 Å². The molecule has 0 fully saturated rings. The number of aromatic nitrogens is 4. The molecule has 0 atom stereocenters. The van der Waals surface area contributed by atoms with Crippen molar-refractivity contribution >= 4 is 0 Å². The van der Waals surface area contributed by atoms with Crippen LogP contribution in [0.25, 0.3) is 5.82 Å². The van der Waals surface area contributed by atoms with Crippen LogP contribution in [0, 0.1) is 6.92 Å². The summed E-state index contributed by atoms with van der Waals surface area (Å²) in [6, 6.07) is 1.92. The van der Waals surface area contributed by atoms with E-state index in [0.29, 0.717) is 6.54 Å². The minimum absolute atomic E-state index is 0.584. The summed E-state index contributed by atoms with van der Waals surface area (Å²) in [6.07, 6.45) is 5.93. The van der Waals surface area contributed by atoms with Gasteiger partial charge in [0.25, 0.3) is 0 Å². The second-order valence-corrected chi connectivity index (χ2v) is 3.27. The normalized spacial score (nSPS) is 10.5. The molecule has 2 aromatic rings. The molecule has 2 aromatic heterocycles. The van der Waals surface area contributed by atoms with Gasteiger partial charge in [0.15, 0.2) is 0 Å². The van der Waals surface area contributed by atoms with Crippen LogP contribution < -0.4 is 5.73 Å². The Bertz CT molecular complexity index is 449. The zero-order valence-corrected chi connectivity index (χ0v) is 8.59. The molecule has 5 nitrogen and oxygen atoms in total. The lowest BCUT2D eigenvalue weighted by atomic mass is 10.4. The molecule has 0 aliphatic heterocycles. The SMILES string of the molecule is Cc1cc(-n2ccnc2CCN)ncn1. The van der Waals surface area contributed by atoms with E-state index in [0.717, 1.165) is 23.8 Å². The molecule has 2 N–H and O–H groups in total. The van der Waals surface area contributed by atoms with E-state index in [1.165, 1.54) is 0 Å². The summed E-state index contributed by atoms with van der Waals surface area (Å²) < 4.78 is 1.93. The highest BCUT2D eigenvalue weighted by Crippen LogP contribution is 2.08. The van der Waals surface area contributed by atoms with E-state index in [1.807, 2.05) is 23.8 Å². The number of aryl methyl sites for hydroxylation is 1. The molecule has 0 aromatic carbocycles. The lowest BCUT2D eigenvalue weighted by Gasteiger charge is -2.05. The van der Waals surface area contributed by atoms with Crippen molar-refractivity contribution in [2.24, 2.45) is 5.73 Å². The third-order valence-corrected chi connectivity index (χ3v) is 2.12. The molecule has 0 bridgehead atoms. The minimum Gasteiger partial charge on any atom is -0.330 e. The molecule has 2 heterocycles. The maximum Gasteiger partial charge on any atom is 0.141 e. The van der Waals surface area contributed by atoms with Gasteiger partial charge in [-0.3, -0.25) is 4.57 Å². The molecule has 0 aliphatic carbocycles. The Kier molecular flexibility index (Phi) is 2.73. The van der Waals surface area contributed by atoms with Crippen molar-refractivity contribution in [1.82, 2.24) is 19.5 Å². The largest absolute Gasteiger partial charge is 0.330 e. The Labute approximate surface area is 88.0 Å². The number of hydrogen-bond acceptors (Lipinski definition) is 4. The van der Waals surface area contributed by atoms with Crippen LogP contribution in [0.4, 0.5) is 0 Å². The number of nitrogens with two attached hydrogens (primary N) is 1. The molecule has 0 spiro atoms. The zero-order chi connectivity index (χ0) is 10.7. The average molecular weight is 203 g/mol. The number of hydrogen-bond donors (Lipinski definition) is 1. The molecule has 5 heteroatoms. The van der Waals surface area contributed by atoms with Gasteiger partial charge in [0.05, 0.1) is 0 Å². The van der Waals surface area contributed by atoms with Crippen molar-refractivity contribution in [3.8, 4) is 5.82 Å². The van der Waals surface area contributed by atoms with Crippen molar-refractivity contribution in [1.29, 1.82) is 0 Å². The van der Waals surface area contributed by atoms with Crippen molar-refractivity contribution in [3.05, 3.63) is 36.3 Å². The monoisotopic (exact) mass is 203 g/mol. The van der Waals surface area contributed by atoms with Crippen molar-refractivity contribution in [2.45, 2.75) is 13.3 Å². The van der Waals surface area contributed by atoms with Gasteiger partial charge in [0, 0.05) is 30.6 Å². The van der Waals surface area contributed by atoms with E-state index >= 15 is 0 Å². The first-order valence-electron chi connectivity index (χ1n) is 4.82. The minimum atomic E-state index is 0.584. The third-order valence-electron chi connectivity index (χ3n) is 2.12. The molecule has 0 unspecified atom stereocenters. The first kappa shape index (κ1) is 9.79. The van der Waals surface area contributed by atoms with Crippen LogP contribution in [-0.2, 0) is 6.42 Å². The fourth-order valence-electron chi connectivity index (χ4n) is 1.43. The summed E-state index contributed by atoms with van der Waals surface area (Å²) in [5.41, 5.74) is 6.45. The second-order valence-electron chi connectivity index (χ2n) is 3.27. The van der Waals surface area contributed by atoms with Crippen LogP contribution >= 0.6 is 0 Å². The van der Waals surface area contributed by atoms with E-state index < -0.39 is 0 Å². The van der Waals surface area contributed by atoms with Crippen LogP contribution in [0.3, 0.4) is 0 Å². The Morgan fingerprint density at radius 1 is 1.33 bits per heavy atom. The van der Waals surface area contributed by atoms with Crippen LogP contribution in [0.5, 0.6) is 0 Å². The summed E-state index contributed by atoms with van der Waals surface area (Å²) in [5.74, 6) is 1.76. The highest BCUT2D eigenvalue weighted by Gasteiger charge is 2.04. The third kappa shape index (κ3) is 2.02. The molecule has 0 saturated heterocycles. The molecular weight excluding hydrogens is 190 g/mol. The summed E-state index contributed by atoms with van der Waals surface area (Å²) >= 11 is 0. The summed E-state index contributed by atoms with van der Waals surface area (Å²) in [7, 11) is 0. The first-order chi connectivity index (χ1) is 7.31. The van der Waals surface area contributed by atoms with E-state index in [2.05, 4.69) is 15.0 Å². The standard InChI is InChI=1S/C10H13N5/c1-8-6-10(14-7-13-8)15-5-4-12-9(15)2-3-11/h4-7H,2-3,11H2,1H3. The van der Waals surface area contributed by atoms with E-state index in [4.69, 9.17) is 5.73 Å². The fraction of sp³-hybridized carbons (Fsp3) is 0.300. The van der Waals surface area contributed by atoms with Gasteiger partial charge in [-0.15, -0.1) is 0 Å². The van der Waals surface area contributed by atoms with E-state index in [1.54, 1.807) is 12.5 Å². The van der Waals surface area contributed by atoms with Crippen molar-refractivity contribution in [2.75, 3.05) is 6.54 Å². The van der Waals surface area contributed by atoms with Crippen LogP contribution in [0.2, 0.25) is 0 Å². The summed E-state index contributed by atoms with van der Waals surface area (Å²) in [4.78, 5) is 12.5. The predicted octanol–water partition coefficient (Wildman–Crippen LogP) is 0.472. The van der Waals surface area contributed by atoms with Gasteiger partial charge in [-0.1, -0.05) is 0 Å². The number of imidazole rings is 1. The summed E-state index contributed by atoms with van der Waals surface area (Å²) in [5, 5.41) is 0. The molecule has 0 aliphatic rings. The molecule has 2 rings (SSSR count). The van der Waals surface area contributed by atoms with E-state index in [-0.39, 0.29) is 0 Å². The van der Waals surface area contributed by atoms with Gasteiger partial charge in [0.1, 0.15) is 18.0 Å². The lowest BCUT2D eigenvalue weighted by molar-refractivity contribution is 0.818. The Morgan fingerprint density at radius 2 is 2.20 bits per heavy atom. The molecule has 15 heavy (non-hydrogen) atoms.